The Hall–Kier alpha value is -4.23. The summed E-state index contributed by atoms with van der Waals surface area (Å²) >= 11 is 0. The lowest BCUT2D eigenvalue weighted by Crippen LogP contribution is -2.24. The molecule has 0 bridgehead atoms. The molecule has 0 saturated carbocycles. The van der Waals surface area contributed by atoms with Gasteiger partial charge in [-0.25, -0.2) is 9.97 Å². The summed E-state index contributed by atoms with van der Waals surface area (Å²) in [6.45, 7) is 4.15. The molecule has 7 nitrogen and oxygen atoms in total. The standard InChI is InChI=1S/C32H34N6O/c1-36(2)25-13-10-23(11-14-25)12-15-31-34-28-21-26-27(22-30(28)38(31)19-18-37-16-6-7-17-37)33-29(32(39)35-26)20-24-8-4-3-5-9-24/h3-5,8-15,21-22H,6-7,16-20H2,1-2H3,(H,35,39). The fraction of sp³-hybridized carbons (Fsp3) is 0.281. The van der Waals surface area contributed by atoms with E-state index < -0.39 is 0 Å². The third kappa shape index (κ3) is 5.49. The van der Waals surface area contributed by atoms with Crippen molar-refractivity contribution in [1.82, 2.24) is 24.4 Å². The van der Waals surface area contributed by atoms with Crippen molar-refractivity contribution >= 4 is 39.9 Å². The molecule has 5 aromatic rings. The van der Waals surface area contributed by atoms with Gasteiger partial charge in [0.05, 0.1) is 22.1 Å². The molecule has 0 atom stereocenters. The van der Waals surface area contributed by atoms with Crippen molar-refractivity contribution in [3.8, 4) is 0 Å². The largest absolute Gasteiger partial charge is 0.378 e. The Morgan fingerprint density at radius 1 is 0.897 bits per heavy atom. The first-order valence-corrected chi connectivity index (χ1v) is 13.7. The summed E-state index contributed by atoms with van der Waals surface area (Å²) in [6.07, 6.45) is 7.25. The van der Waals surface area contributed by atoms with E-state index in [2.05, 4.69) is 61.8 Å². The second kappa shape index (κ2) is 10.9. The number of benzene rings is 3. The van der Waals surface area contributed by atoms with Crippen molar-refractivity contribution in [2.24, 2.45) is 0 Å². The SMILES string of the molecule is CN(C)c1ccc(C=Cc2nc3cc4[nH]c(=O)c(Cc5ccccc5)nc4cc3n2CCN2CCCC2)cc1. The van der Waals surface area contributed by atoms with Gasteiger partial charge in [-0.1, -0.05) is 48.5 Å². The number of H-pyrrole nitrogens is 1. The molecule has 7 heteroatoms. The van der Waals surface area contributed by atoms with E-state index in [4.69, 9.17) is 9.97 Å². The average Bonchev–Trinajstić information content (AvgIpc) is 3.58. The molecule has 0 aliphatic carbocycles. The first-order chi connectivity index (χ1) is 19.0. The van der Waals surface area contributed by atoms with Gasteiger partial charge in [0.15, 0.2) is 0 Å². The monoisotopic (exact) mass is 518 g/mol. The predicted octanol–water partition coefficient (Wildman–Crippen LogP) is 5.20. The first kappa shape index (κ1) is 25.1. The van der Waals surface area contributed by atoms with Gasteiger partial charge in [-0.3, -0.25) is 4.79 Å². The minimum Gasteiger partial charge on any atom is -0.378 e. The maximum Gasteiger partial charge on any atom is 0.270 e. The van der Waals surface area contributed by atoms with Gasteiger partial charge < -0.3 is 19.4 Å². The zero-order chi connectivity index (χ0) is 26.8. The van der Waals surface area contributed by atoms with Gasteiger partial charge in [0.1, 0.15) is 11.5 Å². The molecule has 1 aliphatic rings. The molecule has 1 saturated heterocycles. The smallest absolute Gasteiger partial charge is 0.270 e. The average molecular weight is 519 g/mol. The molecule has 1 N–H and O–H groups in total. The van der Waals surface area contributed by atoms with Crippen LogP contribution in [0.15, 0.2) is 71.5 Å². The third-order valence-corrected chi connectivity index (χ3v) is 7.55. The number of aromatic nitrogens is 4. The third-order valence-electron chi connectivity index (χ3n) is 7.55. The number of fused-ring (bicyclic) bond motifs is 2. The van der Waals surface area contributed by atoms with E-state index in [-0.39, 0.29) is 5.56 Å². The molecule has 1 aliphatic heterocycles. The van der Waals surface area contributed by atoms with Gasteiger partial charge in [-0.05, 0) is 67.4 Å². The number of hydrogen-bond donors (Lipinski definition) is 1. The summed E-state index contributed by atoms with van der Waals surface area (Å²) < 4.78 is 2.29. The van der Waals surface area contributed by atoms with E-state index in [0.29, 0.717) is 17.6 Å². The lowest BCUT2D eigenvalue weighted by Gasteiger charge is -2.16. The number of likely N-dealkylation sites (tertiary alicyclic amines) is 1. The summed E-state index contributed by atoms with van der Waals surface area (Å²) in [4.78, 5) is 30.3. The molecule has 0 amide bonds. The highest BCUT2D eigenvalue weighted by molar-refractivity contribution is 5.92. The molecule has 6 rings (SSSR count). The molecule has 3 heterocycles. The zero-order valence-corrected chi connectivity index (χ0v) is 22.6. The lowest BCUT2D eigenvalue weighted by atomic mass is 10.1. The number of hydrogen-bond acceptors (Lipinski definition) is 5. The number of nitrogens with zero attached hydrogens (tertiary/aromatic N) is 5. The van der Waals surface area contributed by atoms with Crippen LogP contribution in [0.1, 0.15) is 35.5 Å². The maximum atomic E-state index is 12.9. The Morgan fingerprint density at radius 3 is 2.41 bits per heavy atom. The molecular formula is C32H34N6O. The minimum absolute atomic E-state index is 0.152. The zero-order valence-electron chi connectivity index (χ0n) is 22.6. The Labute approximate surface area is 228 Å². The summed E-state index contributed by atoms with van der Waals surface area (Å²) in [5.41, 5.74) is 7.13. The molecule has 3 aromatic carbocycles. The van der Waals surface area contributed by atoms with Gasteiger partial charge in [0.2, 0.25) is 0 Å². The molecule has 0 spiro atoms. The van der Waals surface area contributed by atoms with E-state index in [1.54, 1.807) is 0 Å². The van der Waals surface area contributed by atoms with Crippen molar-refractivity contribution in [2.45, 2.75) is 25.8 Å². The van der Waals surface area contributed by atoms with Crippen LogP contribution in [0.5, 0.6) is 0 Å². The number of aromatic amines is 1. The van der Waals surface area contributed by atoms with Crippen molar-refractivity contribution in [1.29, 1.82) is 0 Å². The van der Waals surface area contributed by atoms with Crippen molar-refractivity contribution in [2.75, 3.05) is 38.6 Å². The van der Waals surface area contributed by atoms with Crippen molar-refractivity contribution in [3.05, 3.63) is 99.7 Å². The van der Waals surface area contributed by atoms with Crippen LogP contribution >= 0.6 is 0 Å². The Kier molecular flexibility index (Phi) is 6.99. The van der Waals surface area contributed by atoms with Crippen LogP contribution in [0, 0.1) is 0 Å². The van der Waals surface area contributed by atoms with Gasteiger partial charge in [-0.15, -0.1) is 0 Å². The van der Waals surface area contributed by atoms with Crippen LogP contribution in [-0.2, 0) is 13.0 Å². The summed E-state index contributed by atoms with van der Waals surface area (Å²) in [7, 11) is 4.09. The topological polar surface area (TPSA) is 70.0 Å². The van der Waals surface area contributed by atoms with Gasteiger partial charge >= 0.3 is 0 Å². The predicted molar refractivity (Wildman–Crippen MR) is 160 cm³/mol. The fourth-order valence-corrected chi connectivity index (χ4v) is 5.34. The van der Waals surface area contributed by atoms with Gasteiger partial charge in [0.25, 0.3) is 5.56 Å². The van der Waals surface area contributed by atoms with Crippen LogP contribution < -0.4 is 10.5 Å². The molecule has 2 aromatic heterocycles. The number of imidazole rings is 1. The highest BCUT2D eigenvalue weighted by Gasteiger charge is 2.16. The molecule has 0 unspecified atom stereocenters. The van der Waals surface area contributed by atoms with E-state index in [9.17, 15) is 4.79 Å². The van der Waals surface area contributed by atoms with E-state index >= 15 is 0 Å². The van der Waals surface area contributed by atoms with E-state index in [1.807, 2.05) is 50.5 Å². The molecular weight excluding hydrogens is 484 g/mol. The van der Waals surface area contributed by atoms with Gasteiger partial charge in [0, 0.05) is 39.3 Å². The van der Waals surface area contributed by atoms with Crippen molar-refractivity contribution in [3.63, 3.8) is 0 Å². The molecule has 39 heavy (non-hydrogen) atoms. The molecule has 198 valence electrons. The van der Waals surface area contributed by atoms with E-state index in [1.165, 1.54) is 18.5 Å². The second-order valence-corrected chi connectivity index (χ2v) is 10.5. The minimum atomic E-state index is -0.152. The van der Waals surface area contributed by atoms with Crippen LogP contribution in [-0.4, -0.2) is 58.1 Å². The number of rotatable bonds is 8. The van der Waals surface area contributed by atoms with Crippen molar-refractivity contribution < 1.29 is 0 Å². The van der Waals surface area contributed by atoms with Crippen LogP contribution in [0.4, 0.5) is 5.69 Å². The normalized spacial score (nSPS) is 14.2. The Morgan fingerprint density at radius 2 is 1.67 bits per heavy atom. The maximum absolute atomic E-state index is 12.9. The summed E-state index contributed by atoms with van der Waals surface area (Å²) in [6, 6.07) is 22.5. The number of anilines is 1. The lowest BCUT2D eigenvalue weighted by molar-refractivity contribution is 0.324. The number of nitrogens with one attached hydrogen (secondary N) is 1. The quantitative estimate of drug-likeness (QED) is 0.306. The highest BCUT2D eigenvalue weighted by Crippen LogP contribution is 2.24. The fourth-order valence-electron chi connectivity index (χ4n) is 5.34. The van der Waals surface area contributed by atoms with Crippen LogP contribution in [0.2, 0.25) is 0 Å². The second-order valence-electron chi connectivity index (χ2n) is 10.5. The van der Waals surface area contributed by atoms with Crippen LogP contribution in [0.3, 0.4) is 0 Å². The van der Waals surface area contributed by atoms with E-state index in [0.717, 1.165) is 59.7 Å². The van der Waals surface area contributed by atoms with Crippen LogP contribution in [0.25, 0.3) is 34.2 Å². The molecule has 1 fully saturated rings. The highest BCUT2D eigenvalue weighted by atomic mass is 16.1. The Bertz CT molecular complexity index is 1680. The molecule has 0 radical (unpaired) electrons. The summed E-state index contributed by atoms with van der Waals surface area (Å²) in [5.74, 6) is 0.906. The first-order valence-electron chi connectivity index (χ1n) is 13.7. The Balaban J connectivity index is 1.39. The summed E-state index contributed by atoms with van der Waals surface area (Å²) in [5, 5.41) is 0. The van der Waals surface area contributed by atoms with Gasteiger partial charge in [-0.2, -0.15) is 0 Å².